The maximum Gasteiger partial charge on any atom is 0.241 e. The average Bonchev–Trinajstić information content (AvgIpc) is 2.98. The zero-order valence-corrected chi connectivity index (χ0v) is 10.3. The third-order valence-corrected chi connectivity index (χ3v) is 3.35. The van der Waals surface area contributed by atoms with E-state index < -0.39 is 0 Å². The van der Waals surface area contributed by atoms with Crippen LogP contribution in [0.4, 0.5) is 5.69 Å². The van der Waals surface area contributed by atoms with E-state index in [2.05, 4.69) is 10.6 Å². The second-order valence-corrected chi connectivity index (χ2v) is 4.66. The Bertz CT molecular complexity index is 481. The van der Waals surface area contributed by atoms with Crippen molar-refractivity contribution in [2.45, 2.75) is 25.8 Å². The Morgan fingerprint density at radius 2 is 2.17 bits per heavy atom. The summed E-state index contributed by atoms with van der Waals surface area (Å²) in [5.74, 6) is 1.45. The number of fused-ring (bicyclic) bond motifs is 1. The van der Waals surface area contributed by atoms with E-state index in [-0.39, 0.29) is 18.7 Å². The number of anilines is 1. The van der Waals surface area contributed by atoms with Crippen LogP contribution in [0.15, 0.2) is 12.1 Å². The van der Waals surface area contributed by atoms with Crippen molar-refractivity contribution >= 4 is 11.6 Å². The molecule has 0 saturated carbocycles. The van der Waals surface area contributed by atoms with Gasteiger partial charge in [0.2, 0.25) is 12.7 Å². The van der Waals surface area contributed by atoms with E-state index in [0.717, 1.165) is 36.4 Å². The van der Waals surface area contributed by atoms with E-state index in [4.69, 9.17) is 9.47 Å². The molecule has 1 aromatic carbocycles. The van der Waals surface area contributed by atoms with Gasteiger partial charge in [-0.2, -0.15) is 0 Å². The molecule has 96 valence electrons. The SMILES string of the molecule is Cc1cc2c(cc1NC(=O)C1CCCN1)OCO2. The first-order valence-electron chi connectivity index (χ1n) is 6.18. The molecule has 0 aliphatic carbocycles. The highest BCUT2D eigenvalue weighted by Gasteiger charge is 2.23. The lowest BCUT2D eigenvalue weighted by Crippen LogP contribution is -2.35. The second-order valence-electron chi connectivity index (χ2n) is 4.66. The number of ether oxygens (including phenoxy) is 2. The third-order valence-electron chi connectivity index (χ3n) is 3.35. The molecule has 2 aliphatic heterocycles. The molecule has 0 aromatic heterocycles. The molecule has 1 saturated heterocycles. The summed E-state index contributed by atoms with van der Waals surface area (Å²) in [5.41, 5.74) is 1.77. The van der Waals surface area contributed by atoms with Crippen LogP contribution in [-0.2, 0) is 4.79 Å². The monoisotopic (exact) mass is 248 g/mol. The maximum atomic E-state index is 12.0. The lowest BCUT2D eigenvalue weighted by molar-refractivity contribution is -0.117. The Morgan fingerprint density at radius 1 is 1.39 bits per heavy atom. The van der Waals surface area contributed by atoms with E-state index in [1.54, 1.807) is 0 Å². The summed E-state index contributed by atoms with van der Waals surface area (Å²) in [5, 5.41) is 6.13. The summed E-state index contributed by atoms with van der Waals surface area (Å²) >= 11 is 0. The molecule has 1 unspecified atom stereocenters. The normalized spacial score (nSPS) is 21.1. The molecular weight excluding hydrogens is 232 g/mol. The van der Waals surface area contributed by atoms with Gasteiger partial charge in [0.1, 0.15) is 0 Å². The minimum Gasteiger partial charge on any atom is -0.454 e. The van der Waals surface area contributed by atoms with Crippen LogP contribution in [0.1, 0.15) is 18.4 Å². The van der Waals surface area contributed by atoms with Crippen molar-refractivity contribution in [1.29, 1.82) is 0 Å². The molecule has 5 nitrogen and oxygen atoms in total. The van der Waals surface area contributed by atoms with Gasteiger partial charge in [0, 0.05) is 11.8 Å². The highest BCUT2D eigenvalue weighted by molar-refractivity contribution is 5.96. The predicted octanol–water partition coefficient (Wildman–Crippen LogP) is 1.41. The Balaban J connectivity index is 1.78. The molecule has 2 aliphatic rings. The third kappa shape index (κ3) is 2.01. The molecule has 1 fully saturated rings. The molecular formula is C13H16N2O3. The van der Waals surface area contributed by atoms with Crippen LogP contribution < -0.4 is 20.1 Å². The number of aryl methyl sites for hydroxylation is 1. The zero-order chi connectivity index (χ0) is 12.5. The highest BCUT2D eigenvalue weighted by Crippen LogP contribution is 2.36. The molecule has 0 radical (unpaired) electrons. The predicted molar refractivity (Wildman–Crippen MR) is 67.0 cm³/mol. The van der Waals surface area contributed by atoms with E-state index in [1.165, 1.54) is 0 Å². The minimum atomic E-state index is -0.0742. The average molecular weight is 248 g/mol. The molecule has 2 N–H and O–H groups in total. The number of nitrogens with one attached hydrogen (secondary N) is 2. The van der Waals surface area contributed by atoms with E-state index in [0.29, 0.717) is 5.75 Å². The van der Waals surface area contributed by atoms with Gasteiger partial charge in [-0.3, -0.25) is 4.79 Å². The fourth-order valence-corrected chi connectivity index (χ4v) is 2.31. The van der Waals surface area contributed by atoms with Crippen LogP contribution >= 0.6 is 0 Å². The van der Waals surface area contributed by atoms with Gasteiger partial charge >= 0.3 is 0 Å². The summed E-state index contributed by atoms with van der Waals surface area (Å²) in [6, 6.07) is 3.64. The topological polar surface area (TPSA) is 59.6 Å². The van der Waals surface area contributed by atoms with E-state index >= 15 is 0 Å². The molecule has 2 heterocycles. The maximum absolute atomic E-state index is 12.0. The molecule has 3 rings (SSSR count). The fraction of sp³-hybridized carbons (Fsp3) is 0.462. The van der Waals surface area contributed by atoms with Gasteiger partial charge in [-0.15, -0.1) is 0 Å². The number of carbonyl (C=O) groups is 1. The van der Waals surface area contributed by atoms with Crippen molar-refractivity contribution in [3.63, 3.8) is 0 Å². The van der Waals surface area contributed by atoms with Crippen molar-refractivity contribution in [2.75, 3.05) is 18.7 Å². The first kappa shape index (κ1) is 11.3. The lowest BCUT2D eigenvalue weighted by Gasteiger charge is -2.13. The number of benzene rings is 1. The van der Waals surface area contributed by atoms with E-state index in [9.17, 15) is 4.79 Å². The highest BCUT2D eigenvalue weighted by atomic mass is 16.7. The van der Waals surface area contributed by atoms with Gasteiger partial charge in [-0.05, 0) is 37.9 Å². The van der Waals surface area contributed by atoms with Crippen molar-refractivity contribution in [1.82, 2.24) is 5.32 Å². The van der Waals surface area contributed by atoms with Crippen LogP contribution in [0.25, 0.3) is 0 Å². The van der Waals surface area contributed by atoms with E-state index in [1.807, 2.05) is 19.1 Å². The Morgan fingerprint density at radius 3 is 2.89 bits per heavy atom. The van der Waals surface area contributed by atoms with Gasteiger partial charge in [0.25, 0.3) is 0 Å². The molecule has 0 spiro atoms. The zero-order valence-electron chi connectivity index (χ0n) is 10.3. The van der Waals surface area contributed by atoms with Gasteiger partial charge in [-0.25, -0.2) is 0 Å². The number of carbonyl (C=O) groups excluding carboxylic acids is 1. The molecule has 1 aromatic rings. The largest absolute Gasteiger partial charge is 0.454 e. The van der Waals surface area contributed by atoms with Crippen molar-refractivity contribution in [3.8, 4) is 11.5 Å². The van der Waals surface area contributed by atoms with Crippen LogP contribution in [-0.4, -0.2) is 25.3 Å². The standard InChI is InChI=1S/C13H16N2O3/c1-8-5-11-12(18-7-17-11)6-10(8)15-13(16)9-3-2-4-14-9/h5-6,9,14H,2-4,7H2,1H3,(H,15,16). The number of hydrogen-bond acceptors (Lipinski definition) is 4. The van der Waals surface area contributed by atoms with Crippen LogP contribution in [0, 0.1) is 6.92 Å². The summed E-state index contributed by atoms with van der Waals surface area (Å²) < 4.78 is 10.6. The van der Waals surface area contributed by atoms with Crippen molar-refractivity contribution < 1.29 is 14.3 Å². The molecule has 5 heteroatoms. The lowest BCUT2D eigenvalue weighted by atomic mass is 10.1. The summed E-state index contributed by atoms with van der Waals surface area (Å²) in [4.78, 5) is 12.0. The molecule has 18 heavy (non-hydrogen) atoms. The summed E-state index contributed by atoms with van der Waals surface area (Å²) in [6.45, 7) is 3.11. The Hall–Kier alpha value is -1.75. The second kappa shape index (κ2) is 4.49. The summed E-state index contributed by atoms with van der Waals surface area (Å²) in [6.07, 6.45) is 1.95. The van der Waals surface area contributed by atoms with Crippen molar-refractivity contribution in [2.24, 2.45) is 0 Å². The molecule has 0 bridgehead atoms. The fourth-order valence-electron chi connectivity index (χ4n) is 2.31. The minimum absolute atomic E-state index is 0.0227. The number of rotatable bonds is 2. The first-order valence-corrected chi connectivity index (χ1v) is 6.18. The van der Waals surface area contributed by atoms with Gasteiger partial charge in [0.15, 0.2) is 11.5 Å². The first-order chi connectivity index (χ1) is 8.74. The van der Waals surface area contributed by atoms with Crippen LogP contribution in [0.3, 0.4) is 0 Å². The van der Waals surface area contributed by atoms with Crippen LogP contribution in [0.2, 0.25) is 0 Å². The Labute approximate surface area is 105 Å². The smallest absolute Gasteiger partial charge is 0.241 e. The molecule has 1 amide bonds. The molecule has 1 atom stereocenters. The number of amides is 1. The van der Waals surface area contributed by atoms with Gasteiger partial charge < -0.3 is 20.1 Å². The Kier molecular flexibility index (Phi) is 2.83. The van der Waals surface area contributed by atoms with Crippen molar-refractivity contribution in [3.05, 3.63) is 17.7 Å². The van der Waals surface area contributed by atoms with Gasteiger partial charge in [0.05, 0.1) is 6.04 Å². The quantitative estimate of drug-likeness (QED) is 0.831. The summed E-state index contributed by atoms with van der Waals surface area (Å²) in [7, 11) is 0. The van der Waals surface area contributed by atoms with Crippen LogP contribution in [0.5, 0.6) is 11.5 Å². The number of hydrogen-bond donors (Lipinski definition) is 2. The van der Waals surface area contributed by atoms with Gasteiger partial charge in [-0.1, -0.05) is 0 Å².